The van der Waals surface area contributed by atoms with Crippen LogP contribution in [-0.4, -0.2) is 4.57 Å². The van der Waals surface area contributed by atoms with E-state index < -0.39 is 0 Å². The smallest absolute Gasteiger partial charge is 0.0727 e. The van der Waals surface area contributed by atoms with Crippen molar-refractivity contribution < 1.29 is 0 Å². The fourth-order valence-electron chi connectivity index (χ4n) is 8.53. The lowest BCUT2D eigenvalue weighted by Gasteiger charge is -2.27. The molecule has 2 aromatic heterocycles. The van der Waals surface area contributed by atoms with Crippen LogP contribution in [0, 0.1) is 0 Å². The van der Waals surface area contributed by atoms with E-state index in [2.05, 4.69) is 240 Å². The van der Waals surface area contributed by atoms with E-state index in [9.17, 15) is 0 Å². The van der Waals surface area contributed by atoms with Gasteiger partial charge in [-0.05, 0) is 111 Å². The van der Waals surface area contributed by atoms with E-state index in [-0.39, 0.29) is 0 Å². The van der Waals surface area contributed by atoms with Gasteiger partial charge in [-0.2, -0.15) is 0 Å². The molecule has 2 heterocycles. The SMILES string of the molecule is c1ccc(-c2ccc(N(c3cccc(-c4ccc(-n5c6ccccc6c6sc7ccccc7c65)cc4)c3)c3cc(-c4ccccc4)cc(-c4ccccc4)c3)cc2)cc1. The molecule has 3 heteroatoms. The minimum absolute atomic E-state index is 1.09. The van der Waals surface area contributed by atoms with Gasteiger partial charge in [-0.3, -0.25) is 0 Å². The second-order valence-electron chi connectivity index (χ2n) is 15.0. The molecule has 0 saturated heterocycles. The Bertz CT molecular complexity index is 3170. The number of nitrogens with zero attached hydrogens (tertiary/aromatic N) is 2. The third-order valence-electron chi connectivity index (χ3n) is 11.4. The van der Waals surface area contributed by atoms with Crippen LogP contribution in [0.3, 0.4) is 0 Å². The lowest BCUT2D eigenvalue weighted by atomic mass is 9.97. The van der Waals surface area contributed by atoms with Crippen LogP contribution in [0.2, 0.25) is 0 Å². The Morgan fingerprint density at radius 3 is 1.47 bits per heavy atom. The molecule has 0 N–H and O–H groups in total. The highest BCUT2D eigenvalue weighted by Crippen LogP contribution is 2.44. The first-order valence-electron chi connectivity index (χ1n) is 20.1. The highest BCUT2D eigenvalue weighted by Gasteiger charge is 2.19. The average molecular weight is 771 g/mol. The summed E-state index contributed by atoms with van der Waals surface area (Å²) in [5, 5.41) is 2.59. The lowest BCUT2D eigenvalue weighted by Crippen LogP contribution is -2.10. The number of anilines is 3. The minimum Gasteiger partial charge on any atom is -0.310 e. The first-order valence-corrected chi connectivity index (χ1v) is 20.9. The molecule has 0 radical (unpaired) electrons. The van der Waals surface area contributed by atoms with E-state index in [1.54, 1.807) is 0 Å². The molecule has 11 rings (SSSR count). The first-order chi connectivity index (χ1) is 29.2. The van der Waals surface area contributed by atoms with Gasteiger partial charge in [0, 0.05) is 38.2 Å². The number of aromatic nitrogens is 1. The molecular weight excluding hydrogens is 733 g/mol. The topological polar surface area (TPSA) is 8.17 Å². The van der Waals surface area contributed by atoms with Crippen LogP contribution in [0.4, 0.5) is 17.1 Å². The van der Waals surface area contributed by atoms with E-state index >= 15 is 0 Å². The summed E-state index contributed by atoms with van der Waals surface area (Å²) < 4.78 is 5.09. The minimum atomic E-state index is 1.09. The third-order valence-corrected chi connectivity index (χ3v) is 12.6. The molecule has 0 spiro atoms. The number of hydrogen-bond donors (Lipinski definition) is 0. The van der Waals surface area contributed by atoms with Crippen molar-refractivity contribution in [2.75, 3.05) is 4.90 Å². The largest absolute Gasteiger partial charge is 0.310 e. The zero-order valence-corrected chi connectivity index (χ0v) is 33.1. The van der Waals surface area contributed by atoms with Crippen molar-refractivity contribution in [3.05, 3.63) is 231 Å². The molecule has 0 amide bonds. The first kappa shape index (κ1) is 34.8. The maximum Gasteiger partial charge on any atom is 0.0727 e. The zero-order chi connectivity index (χ0) is 39.1. The second kappa shape index (κ2) is 14.8. The van der Waals surface area contributed by atoms with Crippen molar-refractivity contribution in [2.24, 2.45) is 0 Å². The van der Waals surface area contributed by atoms with Gasteiger partial charge in [0.2, 0.25) is 0 Å². The quantitative estimate of drug-likeness (QED) is 0.149. The van der Waals surface area contributed by atoms with Gasteiger partial charge in [-0.25, -0.2) is 0 Å². The molecule has 0 atom stereocenters. The van der Waals surface area contributed by atoms with Crippen molar-refractivity contribution in [3.63, 3.8) is 0 Å². The van der Waals surface area contributed by atoms with Crippen molar-refractivity contribution in [2.45, 2.75) is 0 Å². The third kappa shape index (κ3) is 6.39. The molecular formula is C56H38N2S. The number of benzene rings is 9. The lowest BCUT2D eigenvalue weighted by molar-refractivity contribution is 1.19. The molecule has 9 aromatic carbocycles. The molecule has 0 aliphatic rings. The average Bonchev–Trinajstić information content (AvgIpc) is 3.85. The van der Waals surface area contributed by atoms with Crippen LogP contribution in [0.15, 0.2) is 231 Å². The van der Waals surface area contributed by atoms with Gasteiger partial charge >= 0.3 is 0 Å². The number of hydrogen-bond acceptors (Lipinski definition) is 2. The van der Waals surface area contributed by atoms with Gasteiger partial charge in [0.25, 0.3) is 0 Å². The maximum absolute atomic E-state index is 2.44. The number of para-hydroxylation sites is 1. The van der Waals surface area contributed by atoms with Gasteiger partial charge < -0.3 is 9.47 Å². The summed E-state index contributed by atoms with van der Waals surface area (Å²) in [5.74, 6) is 0. The Morgan fingerprint density at radius 1 is 0.322 bits per heavy atom. The predicted octanol–water partition coefficient (Wildman–Crippen LogP) is 16.1. The van der Waals surface area contributed by atoms with Gasteiger partial charge in [0.05, 0.1) is 15.7 Å². The van der Waals surface area contributed by atoms with Gasteiger partial charge in [0.15, 0.2) is 0 Å². The molecule has 278 valence electrons. The van der Waals surface area contributed by atoms with Gasteiger partial charge in [-0.1, -0.05) is 164 Å². The van der Waals surface area contributed by atoms with E-state index in [1.165, 1.54) is 70.1 Å². The fourth-order valence-corrected chi connectivity index (χ4v) is 9.75. The normalized spacial score (nSPS) is 11.4. The van der Waals surface area contributed by atoms with Gasteiger partial charge in [-0.15, -0.1) is 11.3 Å². The summed E-state index contributed by atoms with van der Waals surface area (Å²) >= 11 is 1.88. The van der Waals surface area contributed by atoms with Crippen LogP contribution in [0.25, 0.3) is 81.4 Å². The zero-order valence-electron chi connectivity index (χ0n) is 32.2. The van der Waals surface area contributed by atoms with Crippen molar-refractivity contribution in [3.8, 4) is 50.2 Å². The maximum atomic E-state index is 2.44. The number of rotatable bonds is 8. The van der Waals surface area contributed by atoms with E-state index in [4.69, 9.17) is 0 Å². The summed E-state index contributed by atoms with van der Waals surface area (Å²) in [6.07, 6.45) is 0. The Hall–Kier alpha value is -7.46. The van der Waals surface area contributed by atoms with E-state index in [1.807, 2.05) is 11.3 Å². The molecule has 0 aliphatic carbocycles. The van der Waals surface area contributed by atoms with Crippen LogP contribution in [0.5, 0.6) is 0 Å². The van der Waals surface area contributed by atoms with Crippen LogP contribution >= 0.6 is 11.3 Å². The Morgan fingerprint density at radius 2 is 0.814 bits per heavy atom. The summed E-state index contributed by atoms with van der Waals surface area (Å²) in [4.78, 5) is 2.40. The molecule has 0 bridgehead atoms. The van der Waals surface area contributed by atoms with Gasteiger partial charge in [0.1, 0.15) is 0 Å². The van der Waals surface area contributed by atoms with Crippen molar-refractivity contribution in [1.82, 2.24) is 4.57 Å². The molecule has 0 aliphatic heterocycles. The highest BCUT2D eigenvalue weighted by molar-refractivity contribution is 7.26. The summed E-state index contributed by atoms with van der Waals surface area (Å²) in [6, 6.07) is 83.5. The molecule has 0 fully saturated rings. The molecule has 0 saturated carbocycles. The standard InChI is InChI=1S/C56H38N2S/c1-4-15-39(16-5-1)42-27-31-47(32-28-42)57(50-37-45(40-17-6-2-7-18-40)35-46(38-50)41-19-8-3-9-20-41)49-22-14-21-44(36-49)43-29-33-48(34-30-43)58-53-25-12-10-23-51(53)56-55(58)52-24-11-13-26-54(52)59-56/h1-38H. The molecule has 59 heavy (non-hydrogen) atoms. The summed E-state index contributed by atoms with van der Waals surface area (Å²) in [7, 11) is 0. The predicted molar refractivity (Wildman–Crippen MR) is 253 cm³/mol. The molecule has 2 nitrogen and oxygen atoms in total. The number of thiophene rings is 1. The van der Waals surface area contributed by atoms with E-state index in [0.717, 1.165) is 28.3 Å². The second-order valence-corrected chi connectivity index (χ2v) is 16.0. The fraction of sp³-hybridized carbons (Fsp3) is 0. The Kier molecular flexibility index (Phi) is 8.72. The van der Waals surface area contributed by atoms with Crippen molar-refractivity contribution >= 4 is 59.6 Å². The summed E-state index contributed by atoms with van der Waals surface area (Å²) in [5.41, 5.74) is 16.4. The van der Waals surface area contributed by atoms with Crippen LogP contribution in [0.1, 0.15) is 0 Å². The monoisotopic (exact) mass is 770 g/mol. The molecule has 11 aromatic rings. The highest BCUT2D eigenvalue weighted by atomic mass is 32.1. The number of fused-ring (bicyclic) bond motifs is 5. The Labute approximate surface area is 348 Å². The van der Waals surface area contributed by atoms with Crippen LogP contribution < -0.4 is 4.90 Å². The summed E-state index contributed by atoms with van der Waals surface area (Å²) in [6.45, 7) is 0. The van der Waals surface area contributed by atoms with Crippen LogP contribution in [-0.2, 0) is 0 Å². The van der Waals surface area contributed by atoms with Crippen molar-refractivity contribution in [1.29, 1.82) is 0 Å². The Balaban J connectivity index is 1.04. The molecule has 0 unspecified atom stereocenters. The van der Waals surface area contributed by atoms with E-state index in [0.29, 0.717) is 0 Å².